The van der Waals surface area contributed by atoms with Crippen molar-refractivity contribution in [2.75, 3.05) is 5.32 Å². The van der Waals surface area contributed by atoms with Gasteiger partial charge in [0.05, 0.1) is 6.20 Å². The molecule has 2 aromatic rings. The number of aryl methyl sites for hydroxylation is 1. The molecule has 0 amide bonds. The number of rotatable bonds is 3. The van der Waals surface area contributed by atoms with Gasteiger partial charge in [0.2, 0.25) is 0 Å². The molecule has 0 fully saturated rings. The fourth-order valence-electron chi connectivity index (χ4n) is 1.46. The third-order valence-corrected chi connectivity index (χ3v) is 2.70. The highest BCUT2D eigenvalue weighted by Gasteiger charge is 2.01. The summed E-state index contributed by atoms with van der Waals surface area (Å²) in [7, 11) is 0. The summed E-state index contributed by atoms with van der Waals surface area (Å²) in [5.74, 6) is 0.460. The Bertz CT molecular complexity index is 531. The smallest absolute Gasteiger partial charge is 0.141 e. The van der Waals surface area contributed by atoms with Crippen LogP contribution in [0.1, 0.15) is 11.1 Å². The third-order valence-electron chi connectivity index (χ3n) is 2.27. The van der Waals surface area contributed by atoms with Crippen molar-refractivity contribution in [1.29, 1.82) is 0 Å². The van der Waals surface area contributed by atoms with Gasteiger partial charge in [-0.2, -0.15) is 0 Å². The molecule has 3 nitrogen and oxygen atoms in total. The lowest BCUT2D eigenvalue weighted by molar-refractivity contribution is 0.619. The van der Waals surface area contributed by atoms with E-state index in [2.05, 4.69) is 31.2 Å². The van der Waals surface area contributed by atoms with Crippen LogP contribution in [-0.2, 0) is 6.54 Å². The van der Waals surface area contributed by atoms with Gasteiger partial charge in [-0.3, -0.25) is 4.98 Å². The molecule has 2 heterocycles. The average Bonchev–Trinajstić information content (AvgIpc) is 2.28. The zero-order chi connectivity index (χ0) is 12.3. The van der Waals surface area contributed by atoms with Crippen LogP contribution in [0, 0.1) is 12.7 Å². The van der Waals surface area contributed by atoms with E-state index in [1.165, 1.54) is 12.3 Å². The van der Waals surface area contributed by atoms with Crippen LogP contribution in [-0.4, -0.2) is 9.97 Å². The van der Waals surface area contributed by atoms with Crippen molar-refractivity contribution in [2.24, 2.45) is 0 Å². The number of anilines is 1. The number of halogens is 2. The molecule has 0 saturated carbocycles. The first-order valence-electron chi connectivity index (χ1n) is 5.10. The average molecular weight is 296 g/mol. The molecule has 0 aliphatic carbocycles. The van der Waals surface area contributed by atoms with Crippen molar-refractivity contribution in [1.82, 2.24) is 9.97 Å². The second-order valence-corrected chi connectivity index (χ2v) is 4.60. The summed E-state index contributed by atoms with van der Waals surface area (Å²) in [5, 5.41) is 3.15. The molecule has 0 unspecified atom stereocenters. The standard InChI is InChI=1S/C12H11BrFN3/c1-8-2-10(13)6-17-12(8)16-5-9-3-11(14)7-15-4-9/h2-4,6-7H,5H2,1H3,(H,16,17). The summed E-state index contributed by atoms with van der Waals surface area (Å²) < 4.78 is 13.9. The topological polar surface area (TPSA) is 37.8 Å². The molecule has 17 heavy (non-hydrogen) atoms. The van der Waals surface area contributed by atoms with Crippen LogP contribution in [0.25, 0.3) is 0 Å². The van der Waals surface area contributed by atoms with Gasteiger partial charge in [0.25, 0.3) is 0 Å². The molecule has 2 aromatic heterocycles. The lowest BCUT2D eigenvalue weighted by atomic mass is 10.2. The Morgan fingerprint density at radius 3 is 2.82 bits per heavy atom. The molecule has 0 aliphatic heterocycles. The van der Waals surface area contributed by atoms with E-state index in [1.54, 1.807) is 12.4 Å². The van der Waals surface area contributed by atoms with Gasteiger partial charge >= 0.3 is 0 Å². The Labute approximate surface area is 107 Å². The van der Waals surface area contributed by atoms with Crippen LogP contribution >= 0.6 is 15.9 Å². The van der Waals surface area contributed by atoms with Crippen molar-refractivity contribution in [3.05, 3.63) is 52.1 Å². The quantitative estimate of drug-likeness (QED) is 0.944. The molecule has 0 bridgehead atoms. The number of nitrogens with one attached hydrogen (secondary N) is 1. The molecule has 0 spiro atoms. The van der Waals surface area contributed by atoms with Crippen LogP contribution in [0.15, 0.2) is 35.2 Å². The van der Waals surface area contributed by atoms with Gasteiger partial charge in [-0.15, -0.1) is 0 Å². The largest absolute Gasteiger partial charge is 0.366 e. The third kappa shape index (κ3) is 3.23. The Morgan fingerprint density at radius 2 is 2.12 bits per heavy atom. The number of hydrogen-bond acceptors (Lipinski definition) is 3. The Hall–Kier alpha value is -1.49. The van der Waals surface area contributed by atoms with Gasteiger partial charge in [-0.1, -0.05) is 0 Å². The van der Waals surface area contributed by atoms with E-state index in [1.807, 2.05) is 13.0 Å². The fraction of sp³-hybridized carbons (Fsp3) is 0.167. The summed E-state index contributed by atoms with van der Waals surface area (Å²) >= 11 is 3.35. The highest BCUT2D eigenvalue weighted by Crippen LogP contribution is 2.17. The van der Waals surface area contributed by atoms with Gasteiger partial charge in [0, 0.05) is 23.4 Å². The van der Waals surface area contributed by atoms with Gasteiger partial charge in [-0.05, 0) is 46.1 Å². The number of hydrogen-bond donors (Lipinski definition) is 1. The fourth-order valence-corrected chi connectivity index (χ4v) is 1.91. The van der Waals surface area contributed by atoms with Crippen LogP contribution in [0.3, 0.4) is 0 Å². The first-order valence-corrected chi connectivity index (χ1v) is 5.90. The normalized spacial score (nSPS) is 10.3. The molecular formula is C12H11BrFN3. The van der Waals surface area contributed by atoms with Crippen LogP contribution in [0.2, 0.25) is 0 Å². The van der Waals surface area contributed by atoms with Crippen LogP contribution in [0.5, 0.6) is 0 Å². The van der Waals surface area contributed by atoms with Crippen molar-refractivity contribution >= 4 is 21.7 Å². The highest BCUT2D eigenvalue weighted by molar-refractivity contribution is 9.10. The Kier molecular flexibility index (Phi) is 3.68. The maximum absolute atomic E-state index is 12.9. The van der Waals surface area contributed by atoms with Crippen LogP contribution in [0.4, 0.5) is 10.2 Å². The van der Waals surface area contributed by atoms with Crippen molar-refractivity contribution in [2.45, 2.75) is 13.5 Å². The summed E-state index contributed by atoms with van der Waals surface area (Å²) in [6, 6.07) is 3.42. The van der Waals surface area contributed by atoms with Crippen LogP contribution < -0.4 is 5.32 Å². The first-order chi connectivity index (χ1) is 8.15. The Balaban J connectivity index is 2.07. The SMILES string of the molecule is Cc1cc(Br)cnc1NCc1cncc(F)c1. The van der Waals surface area contributed by atoms with E-state index in [0.29, 0.717) is 6.54 Å². The molecule has 0 saturated heterocycles. The monoisotopic (exact) mass is 295 g/mol. The number of pyridine rings is 2. The summed E-state index contributed by atoms with van der Waals surface area (Å²) in [4.78, 5) is 8.03. The summed E-state index contributed by atoms with van der Waals surface area (Å²) in [6.45, 7) is 2.46. The Morgan fingerprint density at radius 1 is 1.29 bits per heavy atom. The first kappa shape index (κ1) is 12.0. The minimum absolute atomic E-state index is 0.329. The minimum Gasteiger partial charge on any atom is -0.366 e. The van der Waals surface area contributed by atoms with Crippen molar-refractivity contribution in [3.63, 3.8) is 0 Å². The summed E-state index contributed by atoms with van der Waals surface area (Å²) in [5.41, 5.74) is 1.82. The summed E-state index contributed by atoms with van der Waals surface area (Å²) in [6.07, 6.45) is 4.54. The molecule has 0 aromatic carbocycles. The van der Waals surface area contributed by atoms with Crippen molar-refractivity contribution < 1.29 is 4.39 Å². The second-order valence-electron chi connectivity index (χ2n) is 3.68. The maximum Gasteiger partial charge on any atom is 0.141 e. The van der Waals surface area contributed by atoms with Gasteiger partial charge in [-0.25, -0.2) is 9.37 Å². The lowest BCUT2D eigenvalue weighted by Gasteiger charge is -2.08. The lowest BCUT2D eigenvalue weighted by Crippen LogP contribution is -2.03. The predicted molar refractivity (Wildman–Crippen MR) is 68.2 cm³/mol. The molecule has 2 rings (SSSR count). The number of nitrogens with zero attached hydrogens (tertiary/aromatic N) is 2. The number of aromatic nitrogens is 2. The van der Waals surface area contributed by atoms with E-state index < -0.39 is 0 Å². The van der Waals surface area contributed by atoms with E-state index >= 15 is 0 Å². The zero-order valence-electron chi connectivity index (χ0n) is 9.24. The van der Waals surface area contributed by atoms with Crippen molar-refractivity contribution in [3.8, 4) is 0 Å². The van der Waals surface area contributed by atoms with E-state index in [0.717, 1.165) is 21.4 Å². The molecule has 1 N–H and O–H groups in total. The van der Waals surface area contributed by atoms with E-state index in [9.17, 15) is 4.39 Å². The molecule has 0 atom stereocenters. The van der Waals surface area contributed by atoms with E-state index in [-0.39, 0.29) is 5.82 Å². The van der Waals surface area contributed by atoms with Gasteiger partial charge in [0.1, 0.15) is 11.6 Å². The van der Waals surface area contributed by atoms with E-state index in [4.69, 9.17) is 0 Å². The van der Waals surface area contributed by atoms with Gasteiger partial charge < -0.3 is 5.32 Å². The minimum atomic E-state index is -0.329. The molecular weight excluding hydrogens is 285 g/mol. The highest BCUT2D eigenvalue weighted by atomic mass is 79.9. The second kappa shape index (κ2) is 5.23. The molecule has 88 valence electrons. The molecule has 0 aliphatic rings. The molecule has 5 heteroatoms. The van der Waals surface area contributed by atoms with Gasteiger partial charge in [0.15, 0.2) is 0 Å². The zero-order valence-corrected chi connectivity index (χ0v) is 10.8. The molecule has 0 radical (unpaired) electrons. The maximum atomic E-state index is 12.9. The predicted octanol–water partition coefficient (Wildman–Crippen LogP) is 3.30.